The van der Waals surface area contributed by atoms with Crippen LogP contribution in [0.1, 0.15) is 43.5 Å². The molecule has 1 aliphatic rings. The molecule has 0 radical (unpaired) electrons. The molecular formula is C17H28N2O. The van der Waals surface area contributed by atoms with Gasteiger partial charge in [0.05, 0.1) is 0 Å². The maximum Gasteiger partial charge on any atom is 0.116 e. The van der Waals surface area contributed by atoms with E-state index in [2.05, 4.69) is 44.8 Å². The molecule has 3 nitrogen and oxygen atoms in total. The quantitative estimate of drug-likeness (QED) is 0.871. The molecule has 0 unspecified atom stereocenters. The van der Waals surface area contributed by atoms with Crippen molar-refractivity contribution < 1.29 is 5.11 Å². The van der Waals surface area contributed by atoms with Crippen molar-refractivity contribution in [3.63, 3.8) is 0 Å². The number of phenols is 1. The monoisotopic (exact) mass is 276 g/mol. The minimum absolute atomic E-state index is 0.170. The minimum Gasteiger partial charge on any atom is -0.508 e. The molecule has 1 aliphatic heterocycles. The highest BCUT2D eigenvalue weighted by Gasteiger charge is 2.34. The largest absolute Gasteiger partial charge is 0.508 e. The maximum absolute atomic E-state index is 9.79. The second-order valence-electron chi connectivity index (χ2n) is 7.05. The Morgan fingerprint density at radius 2 is 1.60 bits per heavy atom. The number of aromatic hydroxyl groups is 1. The molecule has 1 atom stereocenters. The molecule has 0 aromatic heterocycles. The molecule has 0 bridgehead atoms. The molecule has 2 N–H and O–H groups in total. The normalized spacial score (nSPS) is 19.1. The van der Waals surface area contributed by atoms with E-state index >= 15 is 0 Å². The first kappa shape index (κ1) is 15.3. The summed E-state index contributed by atoms with van der Waals surface area (Å²) >= 11 is 0. The number of rotatable bonds is 2. The average molecular weight is 276 g/mol. The Morgan fingerprint density at radius 3 is 2.05 bits per heavy atom. The molecule has 20 heavy (non-hydrogen) atoms. The second-order valence-corrected chi connectivity index (χ2v) is 7.05. The van der Waals surface area contributed by atoms with E-state index in [-0.39, 0.29) is 5.41 Å². The van der Waals surface area contributed by atoms with Gasteiger partial charge in [-0.25, -0.2) is 0 Å². The summed E-state index contributed by atoms with van der Waals surface area (Å²) in [5, 5.41) is 13.2. The molecule has 1 aromatic rings. The van der Waals surface area contributed by atoms with Crippen LogP contribution in [-0.4, -0.2) is 36.2 Å². The molecule has 1 saturated heterocycles. The van der Waals surface area contributed by atoms with Crippen molar-refractivity contribution in [2.75, 3.05) is 26.2 Å². The van der Waals surface area contributed by atoms with Crippen molar-refractivity contribution in [1.82, 2.24) is 10.2 Å². The van der Waals surface area contributed by atoms with E-state index in [0.29, 0.717) is 11.8 Å². The fraction of sp³-hybridized carbons (Fsp3) is 0.647. The first-order valence-corrected chi connectivity index (χ1v) is 7.55. The Hall–Kier alpha value is -1.06. The molecule has 0 spiro atoms. The summed E-state index contributed by atoms with van der Waals surface area (Å²) in [5.41, 5.74) is 3.95. The van der Waals surface area contributed by atoms with Crippen LogP contribution in [0.5, 0.6) is 5.75 Å². The summed E-state index contributed by atoms with van der Waals surface area (Å²) in [5.74, 6) is 0.372. The van der Waals surface area contributed by atoms with E-state index < -0.39 is 0 Å². The van der Waals surface area contributed by atoms with E-state index in [1.807, 2.05) is 12.1 Å². The lowest BCUT2D eigenvalue weighted by atomic mass is 9.78. The lowest BCUT2D eigenvalue weighted by molar-refractivity contribution is 0.0852. The minimum atomic E-state index is 0.170. The lowest BCUT2D eigenvalue weighted by Gasteiger charge is -2.44. The molecule has 0 amide bonds. The number of phenolic OH excluding ortho intramolecular Hbond substituents is 1. The predicted octanol–water partition coefficient (Wildman–Crippen LogP) is 3.00. The summed E-state index contributed by atoms with van der Waals surface area (Å²) in [6, 6.07) is 4.18. The van der Waals surface area contributed by atoms with Crippen LogP contribution in [-0.2, 0) is 0 Å². The van der Waals surface area contributed by atoms with Gasteiger partial charge in [-0.3, -0.25) is 4.90 Å². The molecule has 1 fully saturated rings. The third kappa shape index (κ3) is 3.15. The first-order valence-electron chi connectivity index (χ1n) is 7.55. The SMILES string of the molecule is Cc1cc(O)cc(C)c1[C@H](N1CCNCC1)C(C)(C)C. The Kier molecular flexibility index (Phi) is 4.40. The van der Waals surface area contributed by atoms with Crippen molar-refractivity contribution in [1.29, 1.82) is 0 Å². The van der Waals surface area contributed by atoms with Gasteiger partial charge in [-0.05, 0) is 48.1 Å². The number of aryl methyl sites for hydroxylation is 2. The van der Waals surface area contributed by atoms with Gasteiger partial charge < -0.3 is 10.4 Å². The lowest BCUT2D eigenvalue weighted by Crippen LogP contribution is -2.48. The number of nitrogens with zero attached hydrogens (tertiary/aromatic N) is 1. The average Bonchev–Trinajstić information content (AvgIpc) is 2.33. The molecule has 0 aliphatic carbocycles. The number of hydrogen-bond acceptors (Lipinski definition) is 3. The van der Waals surface area contributed by atoms with E-state index in [1.54, 1.807) is 0 Å². The van der Waals surface area contributed by atoms with Crippen LogP contribution >= 0.6 is 0 Å². The topological polar surface area (TPSA) is 35.5 Å². The van der Waals surface area contributed by atoms with Gasteiger partial charge >= 0.3 is 0 Å². The van der Waals surface area contributed by atoms with Gasteiger partial charge in [0.15, 0.2) is 0 Å². The standard InChI is InChI=1S/C17H28N2O/c1-12-10-14(20)11-13(2)15(12)16(17(3,4)5)19-8-6-18-7-9-19/h10-11,16,18,20H,6-9H2,1-5H3/t16-/m0/s1. The highest BCUT2D eigenvalue weighted by atomic mass is 16.3. The van der Waals surface area contributed by atoms with Crippen molar-refractivity contribution >= 4 is 0 Å². The van der Waals surface area contributed by atoms with E-state index in [4.69, 9.17) is 0 Å². The van der Waals surface area contributed by atoms with Gasteiger partial charge in [-0.15, -0.1) is 0 Å². The third-order valence-electron chi connectivity index (χ3n) is 4.19. The number of benzene rings is 1. The summed E-state index contributed by atoms with van der Waals surface area (Å²) in [4.78, 5) is 2.59. The van der Waals surface area contributed by atoms with Crippen molar-refractivity contribution in [3.05, 3.63) is 28.8 Å². The Balaban J connectivity index is 2.46. The van der Waals surface area contributed by atoms with Crippen LogP contribution in [0.25, 0.3) is 0 Å². The van der Waals surface area contributed by atoms with E-state index in [9.17, 15) is 5.11 Å². The van der Waals surface area contributed by atoms with E-state index in [0.717, 1.165) is 26.2 Å². The van der Waals surface area contributed by atoms with Crippen LogP contribution in [0.4, 0.5) is 0 Å². The Morgan fingerprint density at radius 1 is 1.10 bits per heavy atom. The van der Waals surface area contributed by atoms with Crippen LogP contribution in [0, 0.1) is 19.3 Å². The zero-order valence-corrected chi connectivity index (χ0v) is 13.5. The van der Waals surface area contributed by atoms with Crippen LogP contribution in [0.3, 0.4) is 0 Å². The molecule has 112 valence electrons. The molecule has 0 saturated carbocycles. The third-order valence-corrected chi connectivity index (χ3v) is 4.19. The van der Waals surface area contributed by atoms with Gasteiger partial charge in [0.1, 0.15) is 5.75 Å². The van der Waals surface area contributed by atoms with Gasteiger partial charge in [-0.1, -0.05) is 20.8 Å². The van der Waals surface area contributed by atoms with Crippen molar-refractivity contribution in [2.24, 2.45) is 5.41 Å². The summed E-state index contributed by atoms with van der Waals surface area (Å²) in [6.07, 6.45) is 0. The fourth-order valence-corrected chi connectivity index (χ4v) is 3.49. The first-order chi connectivity index (χ1) is 9.30. The van der Waals surface area contributed by atoms with Gasteiger partial charge in [0, 0.05) is 32.2 Å². The molecule has 1 aromatic carbocycles. The zero-order chi connectivity index (χ0) is 14.9. The van der Waals surface area contributed by atoms with Crippen LogP contribution in [0.2, 0.25) is 0 Å². The highest BCUT2D eigenvalue weighted by Crippen LogP contribution is 2.41. The van der Waals surface area contributed by atoms with E-state index in [1.165, 1.54) is 16.7 Å². The summed E-state index contributed by atoms with van der Waals surface area (Å²) in [6.45, 7) is 15.4. The highest BCUT2D eigenvalue weighted by molar-refractivity contribution is 5.43. The molecule has 1 heterocycles. The number of nitrogens with one attached hydrogen (secondary N) is 1. The second kappa shape index (κ2) is 5.74. The molecule has 3 heteroatoms. The van der Waals surface area contributed by atoms with Crippen molar-refractivity contribution in [2.45, 2.75) is 40.7 Å². The van der Waals surface area contributed by atoms with Gasteiger partial charge in [0.25, 0.3) is 0 Å². The number of piperazine rings is 1. The zero-order valence-electron chi connectivity index (χ0n) is 13.5. The van der Waals surface area contributed by atoms with Gasteiger partial charge in [0.2, 0.25) is 0 Å². The van der Waals surface area contributed by atoms with Crippen LogP contribution < -0.4 is 5.32 Å². The fourth-order valence-electron chi connectivity index (χ4n) is 3.49. The molecule has 2 rings (SSSR count). The summed E-state index contributed by atoms with van der Waals surface area (Å²) < 4.78 is 0. The Bertz CT molecular complexity index is 447. The number of hydrogen-bond donors (Lipinski definition) is 2. The van der Waals surface area contributed by atoms with Crippen LogP contribution in [0.15, 0.2) is 12.1 Å². The van der Waals surface area contributed by atoms with Crippen molar-refractivity contribution in [3.8, 4) is 5.75 Å². The smallest absolute Gasteiger partial charge is 0.116 e. The maximum atomic E-state index is 9.79. The summed E-state index contributed by atoms with van der Waals surface area (Å²) in [7, 11) is 0. The predicted molar refractivity (Wildman–Crippen MR) is 84.2 cm³/mol. The van der Waals surface area contributed by atoms with Gasteiger partial charge in [-0.2, -0.15) is 0 Å². The molecular weight excluding hydrogens is 248 g/mol. The Labute approximate surface area is 123 Å².